The molecule has 1 unspecified atom stereocenters. The van der Waals surface area contributed by atoms with Gasteiger partial charge in [-0.05, 0) is 47.1 Å². The van der Waals surface area contributed by atoms with Crippen molar-refractivity contribution in [2.45, 2.75) is 13.0 Å². The van der Waals surface area contributed by atoms with E-state index in [1.165, 1.54) is 11.6 Å². The molecule has 18 heavy (non-hydrogen) atoms. The lowest BCUT2D eigenvalue weighted by atomic mass is 9.97. The van der Waals surface area contributed by atoms with Crippen LogP contribution in [0.2, 0.25) is 0 Å². The van der Waals surface area contributed by atoms with E-state index in [4.69, 9.17) is 0 Å². The summed E-state index contributed by atoms with van der Waals surface area (Å²) in [4.78, 5) is 0. The zero-order chi connectivity index (χ0) is 13.1. The molecule has 2 rings (SSSR count). The lowest BCUT2D eigenvalue weighted by Gasteiger charge is -2.19. The molecule has 1 nitrogen and oxygen atoms in total. The van der Waals surface area contributed by atoms with Crippen molar-refractivity contribution in [1.82, 2.24) is 5.32 Å². The van der Waals surface area contributed by atoms with Gasteiger partial charge in [0.1, 0.15) is 5.82 Å². The van der Waals surface area contributed by atoms with Crippen LogP contribution in [0.5, 0.6) is 0 Å². The molecule has 94 valence electrons. The number of nitrogens with one attached hydrogen (secondary N) is 1. The lowest BCUT2D eigenvalue weighted by molar-refractivity contribution is 0.608. The fourth-order valence-corrected chi connectivity index (χ4v) is 2.59. The summed E-state index contributed by atoms with van der Waals surface area (Å²) < 4.78 is 14.1. The zero-order valence-corrected chi connectivity index (χ0v) is 12.0. The molecule has 0 amide bonds. The van der Waals surface area contributed by atoms with E-state index < -0.39 is 0 Å². The standard InChI is InChI=1S/C15H15BrFN/c1-10-5-3-6-11(9-10)15(18-2)12-7-4-8-13(17)14(12)16/h3-9,15,18H,1-2H3. The molecule has 0 aromatic heterocycles. The van der Waals surface area contributed by atoms with Crippen molar-refractivity contribution in [1.29, 1.82) is 0 Å². The monoisotopic (exact) mass is 307 g/mol. The summed E-state index contributed by atoms with van der Waals surface area (Å²) in [5.74, 6) is -0.236. The predicted octanol–water partition coefficient (Wildman–Crippen LogP) is 4.21. The average Bonchev–Trinajstić information content (AvgIpc) is 2.35. The quantitative estimate of drug-likeness (QED) is 0.896. The zero-order valence-electron chi connectivity index (χ0n) is 10.4. The van der Waals surface area contributed by atoms with Gasteiger partial charge in [-0.2, -0.15) is 0 Å². The number of rotatable bonds is 3. The Morgan fingerprint density at radius 2 is 1.89 bits per heavy atom. The Morgan fingerprint density at radius 1 is 1.17 bits per heavy atom. The van der Waals surface area contributed by atoms with Gasteiger partial charge in [-0.25, -0.2) is 4.39 Å². The second-order valence-electron chi connectivity index (χ2n) is 4.28. The van der Waals surface area contributed by atoms with Crippen LogP contribution in [-0.2, 0) is 0 Å². The molecule has 0 aliphatic heterocycles. The maximum atomic E-state index is 13.6. The van der Waals surface area contributed by atoms with E-state index in [-0.39, 0.29) is 11.9 Å². The first-order valence-corrected chi connectivity index (χ1v) is 6.60. The van der Waals surface area contributed by atoms with Crippen LogP contribution in [0.25, 0.3) is 0 Å². The Bertz CT molecular complexity index is 554. The first-order valence-electron chi connectivity index (χ1n) is 5.81. The normalized spacial score (nSPS) is 12.4. The Hall–Kier alpha value is -1.19. The van der Waals surface area contributed by atoms with Gasteiger partial charge in [-0.3, -0.25) is 0 Å². The Balaban J connectivity index is 2.49. The molecule has 2 aromatic rings. The Morgan fingerprint density at radius 3 is 2.56 bits per heavy atom. The summed E-state index contributed by atoms with van der Waals surface area (Å²) in [5.41, 5.74) is 3.23. The topological polar surface area (TPSA) is 12.0 Å². The van der Waals surface area contributed by atoms with Crippen LogP contribution in [0.4, 0.5) is 4.39 Å². The van der Waals surface area contributed by atoms with Crippen LogP contribution in [0, 0.1) is 12.7 Å². The van der Waals surface area contributed by atoms with Crippen LogP contribution in [0.1, 0.15) is 22.7 Å². The van der Waals surface area contributed by atoms with E-state index in [0.717, 1.165) is 11.1 Å². The molecular formula is C15H15BrFN. The predicted molar refractivity (Wildman–Crippen MR) is 76.2 cm³/mol. The molecule has 0 heterocycles. The van der Waals surface area contributed by atoms with Gasteiger partial charge in [-0.15, -0.1) is 0 Å². The van der Waals surface area contributed by atoms with E-state index >= 15 is 0 Å². The minimum Gasteiger partial charge on any atom is -0.309 e. The smallest absolute Gasteiger partial charge is 0.137 e. The first-order chi connectivity index (χ1) is 8.63. The molecule has 0 aliphatic rings. The minimum absolute atomic E-state index is 0.0185. The highest BCUT2D eigenvalue weighted by atomic mass is 79.9. The van der Waals surface area contributed by atoms with Gasteiger partial charge in [0.2, 0.25) is 0 Å². The van der Waals surface area contributed by atoms with Gasteiger partial charge >= 0.3 is 0 Å². The molecule has 1 atom stereocenters. The largest absolute Gasteiger partial charge is 0.309 e. The van der Waals surface area contributed by atoms with Gasteiger partial charge in [-0.1, -0.05) is 42.0 Å². The highest BCUT2D eigenvalue weighted by molar-refractivity contribution is 9.10. The van der Waals surface area contributed by atoms with Crippen molar-refractivity contribution < 1.29 is 4.39 Å². The molecule has 0 saturated heterocycles. The second-order valence-corrected chi connectivity index (χ2v) is 5.07. The molecule has 1 N–H and O–H groups in total. The van der Waals surface area contributed by atoms with Crippen molar-refractivity contribution in [2.24, 2.45) is 0 Å². The number of benzene rings is 2. The minimum atomic E-state index is -0.236. The number of hydrogen-bond donors (Lipinski definition) is 1. The first kappa shape index (κ1) is 13.2. The lowest BCUT2D eigenvalue weighted by Crippen LogP contribution is -2.18. The van der Waals surface area contributed by atoms with Crippen LogP contribution in [0.3, 0.4) is 0 Å². The SMILES string of the molecule is CNC(c1cccc(C)c1)c1cccc(F)c1Br. The van der Waals surface area contributed by atoms with Gasteiger partial charge < -0.3 is 5.32 Å². The molecular weight excluding hydrogens is 293 g/mol. The maximum absolute atomic E-state index is 13.6. The fourth-order valence-electron chi connectivity index (χ4n) is 2.09. The van der Waals surface area contributed by atoms with Crippen molar-refractivity contribution in [3.8, 4) is 0 Å². The Kier molecular flexibility index (Phi) is 4.15. The van der Waals surface area contributed by atoms with Gasteiger partial charge in [0.15, 0.2) is 0 Å². The van der Waals surface area contributed by atoms with Crippen LogP contribution < -0.4 is 5.32 Å². The number of aryl methyl sites for hydroxylation is 1. The molecule has 3 heteroatoms. The van der Waals surface area contributed by atoms with Gasteiger partial charge in [0, 0.05) is 0 Å². The third-order valence-electron chi connectivity index (χ3n) is 2.96. The summed E-state index contributed by atoms with van der Waals surface area (Å²) in [5, 5.41) is 3.23. The second kappa shape index (κ2) is 5.63. The van der Waals surface area contributed by atoms with Crippen molar-refractivity contribution in [2.75, 3.05) is 7.05 Å². The molecule has 0 spiro atoms. The van der Waals surface area contributed by atoms with E-state index in [0.29, 0.717) is 4.47 Å². The third-order valence-corrected chi connectivity index (χ3v) is 3.79. The summed E-state index contributed by atoms with van der Waals surface area (Å²) in [6.07, 6.45) is 0. The summed E-state index contributed by atoms with van der Waals surface area (Å²) in [6.45, 7) is 2.05. The maximum Gasteiger partial charge on any atom is 0.137 e. The van der Waals surface area contributed by atoms with Crippen LogP contribution in [-0.4, -0.2) is 7.05 Å². The van der Waals surface area contributed by atoms with E-state index in [2.05, 4.69) is 40.3 Å². The van der Waals surface area contributed by atoms with Crippen LogP contribution >= 0.6 is 15.9 Å². The van der Waals surface area contributed by atoms with Crippen LogP contribution in [0.15, 0.2) is 46.9 Å². The average molecular weight is 308 g/mol. The highest BCUT2D eigenvalue weighted by Crippen LogP contribution is 2.30. The molecule has 0 bridgehead atoms. The van der Waals surface area contributed by atoms with Crippen molar-refractivity contribution in [3.05, 3.63) is 69.4 Å². The van der Waals surface area contributed by atoms with Crippen molar-refractivity contribution >= 4 is 15.9 Å². The molecule has 0 radical (unpaired) electrons. The van der Waals surface area contributed by atoms with Gasteiger partial charge in [0.05, 0.1) is 10.5 Å². The van der Waals surface area contributed by atoms with E-state index in [1.807, 2.05) is 25.2 Å². The number of hydrogen-bond acceptors (Lipinski definition) is 1. The summed E-state index contributed by atoms with van der Waals surface area (Å²) in [7, 11) is 1.88. The van der Waals surface area contributed by atoms with E-state index in [9.17, 15) is 4.39 Å². The molecule has 2 aromatic carbocycles. The number of halogens is 2. The summed E-state index contributed by atoms with van der Waals surface area (Å²) >= 11 is 3.32. The summed E-state index contributed by atoms with van der Waals surface area (Å²) in [6, 6.07) is 13.3. The van der Waals surface area contributed by atoms with E-state index in [1.54, 1.807) is 6.07 Å². The molecule has 0 aliphatic carbocycles. The van der Waals surface area contributed by atoms with Crippen molar-refractivity contribution in [3.63, 3.8) is 0 Å². The Labute approximate surface area is 115 Å². The molecule has 0 saturated carbocycles. The fraction of sp³-hybridized carbons (Fsp3) is 0.200. The molecule has 0 fully saturated rings. The van der Waals surface area contributed by atoms with Gasteiger partial charge in [0.25, 0.3) is 0 Å². The third kappa shape index (κ3) is 2.62. The highest BCUT2D eigenvalue weighted by Gasteiger charge is 2.16.